The predicted octanol–water partition coefficient (Wildman–Crippen LogP) is 5.19. The fourth-order valence-corrected chi connectivity index (χ4v) is 2.93. The van der Waals surface area contributed by atoms with Crippen LogP contribution in [0.1, 0.15) is 58.6 Å². The van der Waals surface area contributed by atoms with E-state index in [0.29, 0.717) is 0 Å². The van der Waals surface area contributed by atoms with E-state index in [0.717, 1.165) is 6.42 Å². The molecular weight excluding hydrogens is 262 g/mol. The lowest BCUT2D eigenvalue weighted by atomic mass is 10.0. The number of thioether (sulfide) groups is 1. The molecule has 0 unspecified atom stereocenters. The molecule has 0 fully saturated rings. The van der Waals surface area contributed by atoms with Crippen molar-refractivity contribution in [1.29, 1.82) is 0 Å². The van der Waals surface area contributed by atoms with Crippen molar-refractivity contribution >= 4 is 24.2 Å². The molecular formula is C15H26ClNS. The Kier molecular flexibility index (Phi) is 8.00. The van der Waals surface area contributed by atoms with Crippen molar-refractivity contribution in [3.05, 3.63) is 29.8 Å². The van der Waals surface area contributed by atoms with Crippen LogP contribution in [0.15, 0.2) is 29.2 Å². The zero-order valence-corrected chi connectivity index (χ0v) is 13.5. The summed E-state index contributed by atoms with van der Waals surface area (Å²) >= 11 is 1.91. The summed E-state index contributed by atoms with van der Waals surface area (Å²) < 4.78 is 0.237. The standard InChI is InChI=1S/C15H25NS.ClH/c1-5-6-10-13(16)12-9-7-8-11-14(12)17-15(2,3)4;/h7-9,11,13H,5-6,10,16H2,1-4H3;1H/t13-;/m0./s1. The monoisotopic (exact) mass is 287 g/mol. The van der Waals surface area contributed by atoms with E-state index in [4.69, 9.17) is 5.73 Å². The highest BCUT2D eigenvalue weighted by molar-refractivity contribution is 8.00. The topological polar surface area (TPSA) is 26.0 Å². The highest BCUT2D eigenvalue weighted by Gasteiger charge is 2.17. The Labute approximate surface area is 122 Å². The molecule has 2 N–H and O–H groups in total. The van der Waals surface area contributed by atoms with E-state index >= 15 is 0 Å². The smallest absolute Gasteiger partial charge is 0.0306 e. The third-order valence-electron chi connectivity index (χ3n) is 2.60. The van der Waals surface area contributed by atoms with Crippen LogP contribution in [0.3, 0.4) is 0 Å². The molecule has 1 nitrogen and oxygen atoms in total. The van der Waals surface area contributed by atoms with Gasteiger partial charge in [-0.2, -0.15) is 0 Å². The van der Waals surface area contributed by atoms with Gasteiger partial charge in [-0.05, 0) is 18.1 Å². The summed E-state index contributed by atoms with van der Waals surface area (Å²) in [6, 6.07) is 8.74. The lowest BCUT2D eigenvalue weighted by Gasteiger charge is -2.22. The average molecular weight is 288 g/mol. The van der Waals surface area contributed by atoms with E-state index < -0.39 is 0 Å². The minimum Gasteiger partial charge on any atom is -0.324 e. The molecule has 1 aromatic carbocycles. The van der Waals surface area contributed by atoms with Gasteiger partial charge < -0.3 is 5.73 Å². The second-order valence-electron chi connectivity index (χ2n) is 5.50. The molecule has 0 aliphatic carbocycles. The predicted molar refractivity (Wildman–Crippen MR) is 85.8 cm³/mol. The molecule has 0 radical (unpaired) electrons. The first-order valence-electron chi connectivity index (χ1n) is 6.47. The van der Waals surface area contributed by atoms with E-state index in [1.54, 1.807) is 0 Å². The molecule has 1 atom stereocenters. The third kappa shape index (κ3) is 6.12. The van der Waals surface area contributed by atoms with Crippen LogP contribution in [0.25, 0.3) is 0 Å². The second-order valence-corrected chi connectivity index (χ2v) is 7.37. The Morgan fingerprint density at radius 3 is 2.39 bits per heavy atom. The van der Waals surface area contributed by atoms with Crippen molar-refractivity contribution < 1.29 is 0 Å². The molecule has 104 valence electrons. The second kappa shape index (κ2) is 8.08. The summed E-state index contributed by atoms with van der Waals surface area (Å²) in [4.78, 5) is 1.34. The number of rotatable bonds is 5. The Morgan fingerprint density at radius 2 is 1.83 bits per heavy atom. The summed E-state index contributed by atoms with van der Waals surface area (Å²) in [7, 11) is 0. The van der Waals surface area contributed by atoms with Gasteiger partial charge >= 0.3 is 0 Å². The molecule has 0 heterocycles. The Balaban J connectivity index is 0.00000289. The van der Waals surface area contributed by atoms with Gasteiger partial charge in [0, 0.05) is 15.7 Å². The van der Waals surface area contributed by atoms with E-state index in [-0.39, 0.29) is 23.2 Å². The number of halogens is 1. The van der Waals surface area contributed by atoms with Gasteiger partial charge in [0.25, 0.3) is 0 Å². The van der Waals surface area contributed by atoms with E-state index in [1.165, 1.54) is 23.3 Å². The van der Waals surface area contributed by atoms with Crippen LogP contribution in [0.4, 0.5) is 0 Å². The molecule has 1 rings (SSSR count). The van der Waals surface area contributed by atoms with Crippen molar-refractivity contribution in [2.24, 2.45) is 5.73 Å². The number of unbranched alkanes of at least 4 members (excludes halogenated alkanes) is 1. The maximum absolute atomic E-state index is 6.29. The van der Waals surface area contributed by atoms with Gasteiger partial charge in [0.05, 0.1) is 0 Å². The Hall–Kier alpha value is -0.180. The molecule has 0 aliphatic heterocycles. The number of benzene rings is 1. The zero-order chi connectivity index (χ0) is 12.9. The highest BCUT2D eigenvalue weighted by Crippen LogP contribution is 2.36. The summed E-state index contributed by atoms with van der Waals surface area (Å²) in [5, 5.41) is 0. The molecule has 0 bridgehead atoms. The molecule has 0 amide bonds. The van der Waals surface area contributed by atoms with Crippen LogP contribution in [0, 0.1) is 0 Å². The third-order valence-corrected chi connectivity index (χ3v) is 3.81. The molecule has 0 saturated carbocycles. The lowest BCUT2D eigenvalue weighted by Crippen LogP contribution is -2.13. The quantitative estimate of drug-likeness (QED) is 0.754. The average Bonchev–Trinajstić information content (AvgIpc) is 2.24. The minimum absolute atomic E-state index is 0. The van der Waals surface area contributed by atoms with Crippen LogP contribution < -0.4 is 5.73 Å². The maximum Gasteiger partial charge on any atom is 0.0306 e. The molecule has 0 aliphatic rings. The Bertz CT molecular complexity index is 347. The van der Waals surface area contributed by atoms with Crippen LogP contribution in [0.2, 0.25) is 0 Å². The molecule has 18 heavy (non-hydrogen) atoms. The summed E-state index contributed by atoms with van der Waals surface area (Å²) in [6.07, 6.45) is 3.50. The molecule has 0 spiro atoms. The summed E-state index contributed by atoms with van der Waals surface area (Å²) in [6.45, 7) is 8.94. The molecule has 3 heteroatoms. The van der Waals surface area contributed by atoms with Gasteiger partial charge in [-0.1, -0.05) is 58.7 Å². The Morgan fingerprint density at radius 1 is 1.22 bits per heavy atom. The lowest BCUT2D eigenvalue weighted by molar-refractivity contribution is 0.596. The maximum atomic E-state index is 6.29. The fourth-order valence-electron chi connectivity index (χ4n) is 1.79. The van der Waals surface area contributed by atoms with Crippen LogP contribution in [-0.2, 0) is 0 Å². The van der Waals surface area contributed by atoms with Crippen molar-refractivity contribution in [2.75, 3.05) is 0 Å². The SMILES string of the molecule is CCCC[C@H](N)c1ccccc1SC(C)(C)C.Cl. The zero-order valence-electron chi connectivity index (χ0n) is 11.9. The largest absolute Gasteiger partial charge is 0.324 e. The minimum atomic E-state index is 0. The summed E-state index contributed by atoms with van der Waals surface area (Å²) in [5.41, 5.74) is 7.59. The first-order chi connectivity index (χ1) is 7.94. The fraction of sp³-hybridized carbons (Fsp3) is 0.600. The number of hydrogen-bond donors (Lipinski definition) is 1. The number of hydrogen-bond acceptors (Lipinski definition) is 2. The normalized spacial score (nSPS) is 12.9. The van der Waals surface area contributed by atoms with Crippen LogP contribution in [-0.4, -0.2) is 4.75 Å². The molecule has 0 saturated heterocycles. The van der Waals surface area contributed by atoms with E-state index in [1.807, 2.05) is 11.8 Å². The first kappa shape index (κ1) is 17.8. The van der Waals surface area contributed by atoms with E-state index in [9.17, 15) is 0 Å². The van der Waals surface area contributed by atoms with Gasteiger partial charge in [-0.15, -0.1) is 24.2 Å². The molecule has 1 aromatic rings. The van der Waals surface area contributed by atoms with Gasteiger partial charge in [0.2, 0.25) is 0 Å². The van der Waals surface area contributed by atoms with Gasteiger partial charge in [0.1, 0.15) is 0 Å². The van der Waals surface area contributed by atoms with Gasteiger partial charge in [-0.3, -0.25) is 0 Å². The van der Waals surface area contributed by atoms with Crippen LogP contribution >= 0.6 is 24.2 Å². The molecule has 0 aromatic heterocycles. The van der Waals surface area contributed by atoms with Crippen LogP contribution in [0.5, 0.6) is 0 Å². The van der Waals surface area contributed by atoms with E-state index in [2.05, 4.69) is 52.0 Å². The van der Waals surface area contributed by atoms with Gasteiger partial charge in [-0.25, -0.2) is 0 Å². The van der Waals surface area contributed by atoms with Crippen molar-refractivity contribution in [1.82, 2.24) is 0 Å². The number of nitrogens with two attached hydrogens (primary N) is 1. The first-order valence-corrected chi connectivity index (χ1v) is 7.29. The summed E-state index contributed by atoms with van der Waals surface area (Å²) in [5.74, 6) is 0. The van der Waals surface area contributed by atoms with Gasteiger partial charge in [0.15, 0.2) is 0 Å². The highest BCUT2D eigenvalue weighted by atomic mass is 35.5. The van der Waals surface area contributed by atoms with Crippen molar-refractivity contribution in [3.8, 4) is 0 Å². The van der Waals surface area contributed by atoms with Crippen molar-refractivity contribution in [2.45, 2.75) is 62.6 Å². The van der Waals surface area contributed by atoms with Crippen molar-refractivity contribution in [3.63, 3.8) is 0 Å².